The van der Waals surface area contributed by atoms with Crippen molar-refractivity contribution >= 4 is 21.4 Å². The molecule has 3 rings (SSSR count). The number of nitrogens with zero attached hydrogens (tertiary/aromatic N) is 2. The molecule has 1 N–H and O–H groups in total. The topological polar surface area (TPSA) is 102 Å². The molecule has 27 heavy (non-hydrogen) atoms. The standard InChI is InChI=1S/C18H21N3O5S/c1-26-15-7-8-18(17(13-15)21(22)23)27(24,25)19-10-4-11-20-12-9-14-5-2-3-6-16(14)20/h2-3,5-8,13,19H,4,9-12H2,1H3. The molecule has 0 aromatic heterocycles. The summed E-state index contributed by atoms with van der Waals surface area (Å²) in [6.45, 7) is 1.82. The second kappa shape index (κ2) is 7.93. The average molecular weight is 391 g/mol. The van der Waals surface area contributed by atoms with Crippen LogP contribution in [0.5, 0.6) is 5.75 Å². The van der Waals surface area contributed by atoms with E-state index in [0.717, 1.165) is 19.0 Å². The van der Waals surface area contributed by atoms with Gasteiger partial charge < -0.3 is 9.64 Å². The highest BCUT2D eigenvalue weighted by Gasteiger charge is 2.26. The lowest BCUT2D eigenvalue weighted by Gasteiger charge is -2.19. The third kappa shape index (κ3) is 4.20. The second-order valence-corrected chi connectivity index (χ2v) is 7.94. The Hall–Kier alpha value is -2.65. The van der Waals surface area contributed by atoms with Crippen molar-refractivity contribution in [3.63, 3.8) is 0 Å². The van der Waals surface area contributed by atoms with E-state index in [9.17, 15) is 18.5 Å². The largest absolute Gasteiger partial charge is 0.497 e. The average Bonchev–Trinajstić information content (AvgIpc) is 3.08. The van der Waals surface area contributed by atoms with Gasteiger partial charge in [-0.2, -0.15) is 0 Å². The molecule has 0 saturated heterocycles. The molecule has 0 atom stereocenters. The van der Waals surface area contributed by atoms with E-state index in [2.05, 4.69) is 21.8 Å². The summed E-state index contributed by atoms with van der Waals surface area (Å²) in [6, 6.07) is 11.9. The summed E-state index contributed by atoms with van der Waals surface area (Å²) in [4.78, 5) is 12.3. The van der Waals surface area contributed by atoms with Crippen LogP contribution in [0.1, 0.15) is 12.0 Å². The van der Waals surface area contributed by atoms with Gasteiger partial charge in [0.25, 0.3) is 5.69 Å². The van der Waals surface area contributed by atoms with Crippen molar-refractivity contribution < 1.29 is 18.1 Å². The Balaban J connectivity index is 1.62. The van der Waals surface area contributed by atoms with Crippen LogP contribution >= 0.6 is 0 Å². The Morgan fingerprint density at radius 2 is 2.04 bits per heavy atom. The monoisotopic (exact) mass is 391 g/mol. The number of fused-ring (bicyclic) bond motifs is 1. The van der Waals surface area contributed by atoms with Crippen LogP contribution in [0.25, 0.3) is 0 Å². The fourth-order valence-corrected chi connectivity index (χ4v) is 4.41. The molecular formula is C18H21N3O5S. The zero-order valence-corrected chi connectivity index (χ0v) is 15.7. The number of sulfonamides is 1. The van der Waals surface area contributed by atoms with Crippen LogP contribution in [0.4, 0.5) is 11.4 Å². The van der Waals surface area contributed by atoms with Gasteiger partial charge in [0, 0.05) is 25.3 Å². The number of hydrogen-bond acceptors (Lipinski definition) is 6. The van der Waals surface area contributed by atoms with Crippen molar-refractivity contribution in [3.8, 4) is 5.75 Å². The van der Waals surface area contributed by atoms with Crippen LogP contribution in [-0.4, -0.2) is 40.1 Å². The van der Waals surface area contributed by atoms with Crippen molar-refractivity contribution in [2.24, 2.45) is 0 Å². The van der Waals surface area contributed by atoms with Crippen molar-refractivity contribution in [3.05, 3.63) is 58.1 Å². The molecule has 9 heteroatoms. The number of nitrogens with one attached hydrogen (secondary N) is 1. The molecule has 0 radical (unpaired) electrons. The highest BCUT2D eigenvalue weighted by atomic mass is 32.2. The van der Waals surface area contributed by atoms with Crippen LogP contribution < -0.4 is 14.4 Å². The number of benzene rings is 2. The van der Waals surface area contributed by atoms with Crippen LogP contribution in [-0.2, 0) is 16.4 Å². The van der Waals surface area contributed by atoms with Crippen molar-refractivity contribution in [2.75, 3.05) is 31.6 Å². The third-order valence-corrected chi connectivity index (χ3v) is 6.04. The Kier molecular flexibility index (Phi) is 5.62. The molecule has 0 amide bonds. The van der Waals surface area contributed by atoms with Crippen LogP contribution in [0.15, 0.2) is 47.4 Å². The van der Waals surface area contributed by atoms with Gasteiger partial charge in [0.05, 0.1) is 18.1 Å². The summed E-state index contributed by atoms with van der Waals surface area (Å²) >= 11 is 0. The number of nitro benzene ring substituents is 1. The molecule has 0 unspecified atom stereocenters. The maximum Gasteiger partial charge on any atom is 0.293 e. The van der Waals surface area contributed by atoms with Crippen molar-refractivity contribution in [1.29, 1.82) is 0 Å². The quantitative estimate of drug-likeness (QED) is 0.421. The molecule has 0 spiro atoms. The van der Waals surface area contributed by atoms with Gasteiger partial charge in [-0.3, -0.25) is 10.1 Å². The van der Waals surface area contributed by atoms with E-state index in [1.54, 1.807) is 0 Å². The Morgan fingerprint density at radius 1 is 1.26 bits per heavy atom. The summed E-state index contributed by atoms with van der Waals surface area (Å²) in [5.74, 6) is 0.230. The first-order valence-electron chi connectivity index (χ1n) is 8.57. The van der Waals surface area contributed by atoms with Gasteiger partial charge in [0.1, 0.15) is 5.75 Å². The lowest BCUT2D eigenvalue weighted by Crippen LogP contribution is -2.29. The number of anilines is 1. The van der Waals surface area contributed by atoms with Gasteiger partial charge in [-0.15, -0.1) is 0 Å². The van der Waals surface area contributed by atoms with Crippen LogP contribution in [0.3, 0.4) is 0 Å². The molecule has 1 heterocycles. The van der Waals surface area contributed by atoms with E-state index in [1.807, 2.05) is 12.1 Å². The van der Waals surface area contributed by atoms with Crippen molar-refractivity contribution in [2.45, 2.75) is 17.7 Å². The van der Waals surface area contributed by atoms with E-state index in [4.69, 9.17) is 4.74 Å². The minimum absolute atomic E-state index is 0.199. The Morgan fingerprint density at radius 3 is 2.78 bits per heavy atom. The first kappa shape index (κ1) is 19.1. The molecule has 1 aliphatic heterocycles. The predicted molar refractivity (Wildman–Crippen MR) is 102 cm³/mol. The van der Waals surface area contributed by atoms with Gasteiger partial charge in [0.15, 0.2) is 4.90 Å². The Bertz CT molecular complexity index is 946. The maximum atomic E-state index is 12.5. The molecule has 8 nitrogen and oxygen atoms in total. The van der Waals surface area contributed by atoms with E-state index >= 15 is 0 Å². The number of hydrogen-bond donors (Lipinski definition) is 1. The minimum atomic E-state index is -3.98. The zero-order chi connectivity index (χ0) is 19.4. The molecule has 1 aliphatic rings. The molecule has 0 aliphatic carbocycles. The Labute approximate surface area is 158 Å². The molecule has 2 aromatic rings. The van der Waals surface area contributed by atoms with Gasteiger partial charge in [-0.05, 0) is 36.6 Å². The minimum Gasteiger partial charge on any atom is -0.497 e. The summed E-state index contributed by atoms with van der Waals surface area (Å²) in [6.07, 6.45) is 1.58. The molecule has 0 fully saturated rings. The van der Waals surface area contributed by atoms with E-state index < -0.39 is 20.6 Å². The van der Waals surface area contributed by atoms with Gasteiger partial charge >= 0.3 is 0 Å². The lowest BCUT2D eigenvalue weighted by atomic mass is 10.2. The summed E-state index contributed by atoms with van der Waals surface area (Å²) in [5.41, 5.74) is 1.98. The highest BCUT2D eigenvalue weighted by Crippen LogP contribution is 2.29. The van der Waals surface area contributed by atoms with Gasteiger partial charge in [0.2, 0.25) is 10.0 Å². The third-order valence-electron chi connectivity index (χ3n) is 4.53. The van der Waals surface area contributed by atoms with E-state index in [1.165, 1.54) is 30.5 Å². The van der Waals surface area contributed by atoms with Crippen LogP contribution in [0, 0.1) is 10.1 Å². The molecule has 2 aromatic carbocycles. The summed E-state index contributed by atoms with van der Waals surface area (Å²) in [5, 5.41) is 11.2. The smallest absolute Gasteiger partial charge is 0.293 e. The first-order chi connectivity index (χ1) is 12.9. The zero-order valence-electron chi connectivity index (χ0n) is 14.9. The number of methoxy groups -OCH3 is 1. The lowest BCUT2D eigenvalue weighted by molar-refractivity contribution is -0.387. The number of para-hydroxylation sites is 1. The SMILES string of the molecule is COc1ccc(S(=O)(=O)NCCCN2CCc3ccccc32)c([N+](=O)[O-])c1. The summed E-state index contributed by atoms with van der Waals surface area (Å²) in [7, 11) is -2.62. The van der Waals surface area contributed by atoms with Gasteiger partial charge in [-0.1, -0.05) is 18.2 Å². The molecular weight excluding hydrogens is 370 g/mol. The normalized spacial score (nSPS) is 13.4. The number of nitro groups is 1. The predicted octanol–water partition coefficient (Wildman–Crippen LogP) is 2.33. The highest BCUT2D eigenvalue weighted by molar-refractivity contribution is 7.89. The van der Waals surface area contributed by atoms with Gasteiger partial charge in [-0.25, -0.2) is 13.1 Å². The molecule has 0 saturated carbocycles. The first-order valence-corrected chi connectivity index (χ1v) is 10.1. The fraction of sp³-hybridized carbons (Fsp3) is 0.333. The van der Waals surface area contributed by atoms with E-state index in [-0.39, 0.29) is 17.2 Å². The number of rotatable bonds is 8. The molecule has 0 bridgehead atoms. The summed E-state index contributed by atoms with van der Waals surface area (Å²) < 4.78 is 32.4. The maximum absolute atomic E-state index is 12.5. The fourth-order valence-electron chi connectivity index (χ4n) is 3.19. The van der Waals surface area contributed by atoms with E-state index in [0.29, 0.717) is 13.0 Å². The van der Waals surface area contributed by atoms with Crippen LogP contribution in [0.2, 0.25) is 0 Å². The van der Waals surface area contributed by atoms with Crippen molar-refractivity contribution in [1.82, 2.24) is 4.72 Å². The second-order valence-electron chi connectivity index (χ2n) is 6.21. The number of ether oxygens (including phenoxy) is 1. The molecule has 144 valence electrons.